The van der Waals surface area contributed by atoms with Crippen LogP contribution in [0.2, 0.25) is 0 Å². The molecule has 2 fully saturated rings. The number of hydrogen-bond acceptors (Lipinski definition) is 7. The maximum Gasteiger partial charge on any atom is 0.371 e. The predicted octanol–water partition coefficient (Wildman–Crippen LogP) is 9.71. The Balaban J connectivity index is 0.000000153. The number of benzene rings is 6. The van der Waals surface area contributed by atoms with Gasteiger partial charge >= 0.3 is 5.97 Å². The Kier molecular flexibility index (Phi) is 15.3. The second-order valence-electron chi connectivity index (χ2n) is 16.6. The number of aromatic carboxylic acids is 1. The lowest BCUT2D eigenvalue weighted by Gasteiger charge is -2.35. The minimum Gasteiger partial charge on any atom is -0.475 e. The highest BCUT2D eigenvalue weighted by molar-refractivity contribution is 5.96. The molecule has 0 unspecified atom stereocenters. The maximum absolute atomic E-state index is 13.2. The van der Waals surface area contributed by atoms with Gasteiger partial charge in [0, 0.05) is 87.8 Å². The van der Waals surface area contributed by atoms with Crippen molar-refractivity contribution < 1.29 is 33.1 Å². The standard InChI is InChI=1S/C28H26N2O3.C19H22N2O.C9H6O3/c31-27(20-24(21-9-3-1-4-10-21)22-11-5-2-6-12-22)29-15-17-30(18-16-29)28(32)26-19-23-13-7-8-14-25(23)33-26;22-19(21-13-11-20-12-14-21)15-18(16-7-3-1-4-8-16)17-9-5-2-6-10-17;10-9(11)8-5-6-3-1-2-4-7(6)12-8/h1-14,19,24H,15-18,20H2;1-10,18,20H,11-15H2;1-5H,(H,10,11). The normalized spacial score (nSPS) is 13.7. The number of fused-ring (bicyclic) bond motifs is 2. The first-order chi connectivity index (χ1) is 32.8. The van der Waals surface area contributed by atoms with Gasteiger partial charge in [0.15, 0.2) is 5.76 Å². The van der Waals surface area contributed by atoms with Crippen molar-refractivity contribution in [3.8, 4) is 0 Å². The Labute approximate surface area is 390 Å². The van der Waals surface area contributed by atoms with Gasteiger partial charge < -0.3 is 34.0 Å². The van der Waals surface area contributed by atoms with Crippen LogP contribution < -0.4 is 5.32 Å². The number of hydrogen-bond donors (Lipinski definition) is 2. The van der Waals surface area contributed by atoms with Gasteiger partial charge in [-0.2, -0.15) is 0 Å². The van der Waals surface area contributed by atoms with E-state index in [2.05, 4.69) is 53.8 Å². The molecule has 2 aliphatic rings. The number of para-hydroxylation sites is 2. The quantitative estimate of drug-likeness (QED) is 0.139. The van der Waals surface area contributed by atoms with E-state index in [9.17, 15) is 19.2 Å². The van der Waals surface area contributed by atoms with Gasteiger partial charge in [-0.15, -0.1) is 0 Å². The number of amides is 3. The van der Waals surface area contributed by atoms with Gasteiger partial charge in [-0.1, -0.05) is 158 Å². The second-order valence-corrected chi connectivity index (χ2v) is 16.6. The summed E-state index contributed by atoms with van der Waals surface area (Å²) in [7, 11) is 0. The number of rotatable bonds is 10. The summed E-state index contributed by atoms with van der Waals surface area (Å²) < 4.78 is 10.8. The molecule has 340 valence electrons. The topological polar surface area (TPSA) is 137 Å². The first kappa shape index (κ1) is 45.8. The van der Waals surface area contributed by atoms with E-state index in [0.717, 1.165) is 48.1 Å². The molecule has 3 amide bonds. The maximum atomic E-state index is 13.2. The van der Waals surface area contributed by atoms with E-state index < -0.39 is 5.97 Å². The van der Waals surface area contributed by atoms with Gasteiger partial charge in [0.05, 0.1) is 0 Å². The van der Waals surface area contributed by atoms with Crippen LogP contribution in [0.1, 0.15) is 68.0 Å². The molecule has 11 nitrogen and oxygen atoms in total. The summed E-state index contributed by atoms with van der Waals surface area (Å²) in [5.74, 6) is -0.320. The Morgan fingerprint density at radius 1 is 0.448 bits per heavy atom. The van der Waals surface area contributed by atoms with Gasteiger partial charge in [0.1, 0.15) is 11.2 Å². The third kappa shape index (κ3) is 11.9. The fourth-order valence-electron chi connectivity index (χ4n) is 8.61. The van der Waals surface area contributed by atoms with Crippen LogP contribution in [0.5, 0.6) is 0 Å². The molecule has 0 aliphatic carbocycles. The van der Waals surface area contributed by atoms with Crippen molar-refractivity contribution in [3.05, 3.63) is 216 Å². The molecule has 0 spiro atoms. The van der Waals surface area contributed by atoms with Crippen LogP contribution in [0.3, 0.4) is 0 Å². The number of carbonyl (C=O) groups is 4. The number of carboxylic acids is 1. The first-order valence-corrected chi connectivity index (χ1v) is 22.8. The average molecular weight is 895 g/mol. The molecule has 2 aliphatic heterocycles. The van der Waals surface area contributed by atoms with Gasteiger partial charge in [-0.25, -0.2) is 4.79 Å². The summed E-state index contributed by atoms with van der Waals surface area (Å²) >= 11 is 0. The zero-order valence-corrected chi connectivity index (χ0v) is 37.3. The molecule has 6 aromatic carbocycles. The lowest BCUT2D eigenvalue weighted by molar-refractivity contribution is -0.133. The highest BCUT2D eigenvalue weighted by Gasteiger charge is 2.29. The van der Waals surface area contributed by atoms with Crippen LogP contribution >= 0.6 is 0 Å². The van der Waals surface area contributed by atoms with E-state index in [1.54, 1.807) is 23.1 Å². The van der Waals surface area contributed by atoms with E-state index in [4.69, 9.17) is 13.9 Å². The van der Waals surface area contributed by atoms with Crippen molar-refractivity contribution >= 4 is 45.6 Å². The van der Waals surface area contributed by atoms with Crippen LogP contribution in [-0.4, -0.2) is 95.9 Å². The van der Waals surface area contributed by atoms with Crippen molar-refractivity contribution in [1.82, 2.24) is 20.0 Å². The molecule has 4 heterocycles. The summed E-state index contributed by atoms with van der Waals surface area (Å²) in [5, 5.41) is 13.6. The minimum absolute atomic E-state index is 0.00936. The number of piperazine rings is 2. The second kappa shape index (κ2) is 22.4. The number of nitrogens with one attached hydrogen (secondary N) is 1. The van der Waals surface area contributed by atoms with Crippen LogP contribution in [0.25, 0.3) is 21.9 Å². The molecule has 2 N–H and O–H groups in total. The third-order valence-electron chi connectivity index (χ3n) is 12.2. The summed E-state index contributed by atoms with van der Waals surface area (Å²) in [6.07, 6.45) is 0.944. The van der Waals surface area contributed by atoms with Crippen LogP contribution in [0.15, 0.2) is 191 Å². The summed E-state index contributed by atoms with van der Waals surface area (Å²) in [6.45, 7) is 5.48. The molecular formula is C56H54N4O7. The van der Waals surface area contributed by atoms with Crippen molar-refractivity contribution in [2.45, 2.75) is 24.7 Å². The molecule has 0 bridgehead atoms. The first-order valence-electron chi connectivity index (χ1n) is 22.8. The lowest BCUT2D eigenvalue weighted by Crippen LogP contribution is -2.50. The van der Waals surface area contributed by atoms with Crippen LogP contribution in [0.4, 0.5) is 0 Å². The molecule has 11 heteroatoms. The Morgan fingerprint density at radius 3 is 1.19 bits per heavy atom. The van der Waals surface area contributed by atoms with Crippen molar-refractivity contribution in [2.75, 3.05) is 52.4 Å². The zero-order valence-electron chi connectivity index (χ0n) is 37.3. The zero-order chi connectivity index (χ0) is 46.4. The number of carboxylic acid groups (broad SMARTS) is 1. The molecule has 0 saturated carbocycles. The highest BCUT2D eigenvalue weighted by Crippen LogP contribution is 2.30. The van der Waals surface area contributed by atoms with Crippen molar-refractivity contribution in [1.29, 1.82) is 0 Å². The Morgan fingerprint density at radius 2 is 0.791 bits per heavy atom. The van der Waals surface area contributed by atoms with Gasteiger partial charge in [0.2, 0.25) is 17.6 Å². The van der Waals surface area contributed by atoms with Crippen LogP contribution in [-0.2, 0) is 9.59 Å². The van der Waals surface area contributed by atoms with Crippen molar-refractivity contribution in [3.63, 3.8) is 0 Å². The van der Waals surface area contributed by atoms with E-state index in [1.807, 2.05) is 119 Å². The molecule has 2 saturated heterocycles. The molecule has 0 radical (unpaired) electrons. The number of carbonyl (C=O) groups excluding carboxylic acids is 3. The third-order valence-corrected chi connectivity index (χ3v) is 12.2. The minimum atomic E-state index is -1.04. The molecule has 67 heavy (non-hydrogen) atoms. The van der Waals surface area contributed by atoms with E-state index in [-0.39, 0.29) is 35.3 Å². The number of nitrogens with zero attached hydrogens (tertiary/aromatic N) is 3. The molecule has 8 aromatic rings. The van der Waals surface area contributed by atoms with Gasteiger partial charge in [-0.3, -0.25) is 14.4 Å². The lowest BCUT2D eigenvalue weighted by atomic mass is 9.88. The van der Waals surface area contributed by atoms with Gasteiger partial charge in [0.25, 0.3) is 5.91 Å². The Bertz CT molecular complexity index is 2710. The van der Waals surface area contributed by atoms with E-state index >= 15 is 0 Å². The SMILES string of the molecule is O=C(CC(c1ccccc1)c1ccccc1)N1CCN(C(=O)c2cc3ccccc3o2)CC1.O=C(CC(c1ccccc1)c1ccccc1)N1CCNCC1.O=C(O)c1cc2ccccc2o1. The summed E-state index contributed by atoms with van der Waals surface area (Å²) in [4.78, 5) is 54.9. The molecule has 2 aromatic heterocycles. The summed E-state index contributed by atoms with van der Waals surface area (Å²) in [6, 6.07) is 59.1. The fourth-order valence-corrected chi connectivity index (χ4v) is 8.61. The fraction of sp³-hybridized carbons (Fsp3) is 0.214. The van der Waals surface area contributed by atoms with Crippen molar-refractivity contribution in [2.24, 2.45) is 0 Å². The van der Waals surface area contributed by atoms with Crippen LogP contribution in [0, 0.1) is 0 Å². The molecular weight excluding hydrogens is 841 g/mol. The Hall–Kier alpha value is -7.76. The highest BCUT2D eigenvalue weighted by atomic mass is 16.4. The van der Waals surface area contributed by atoms with E-state index in [1.165, 1.54) is 17.2 Å². The van der Waals surface area contributed by atoms with E-state index in [0.29, 0.717) is 55.9 Å². The molecule has 10 rings (SSSR count). The monoisotopic (exact) mass is 894 g/mol. The summed E-state index contributed by atoms with van der Waals surface area (Å²) in [5.41, 5.74) is 6.00. The largest absolute Gasteiger partial charge is 0.475 e. The van der Waals surface area contributed by atoms with Gasteiger partial charge in [-0.05, 0) is 46.5 Å². The smallest absolute Gasteiger partial charge is 0.371 e. The average Bonchev–Trinajstić information content (AvgIpc) is 4.05. The number of furan rings is 2. The molecule has 0 atom stereocenters. The predicted molar refractivity (Wildman–Crippen MR) is 260 cm³/mol.